The molecule has 6 heteroatoms. The Morgan fingerprint density at radius 1 is 1.42 bits per heavy atom. The fourth-order valence-corrected chi connectivity index (χ4v) is 4.31. The van der Waals surface area contributed by atoms with Crippen molar-refractivity contribution >= 4 is 17.7 Å². The number of aromatic nitrogens is 2. The van der Waals surface area contributed by atoms with Gasteiger partial charge >= 0.3 is 0 Å². The minimum absolute atomic E-state index is 0.188. The Morgan fingerprint density at radius 3 is 2.92 bits per heavy atom. The van der Waals surface area contributed by atoms with Crippen LogP contribution in [0, 0.1) is 13.8 Å². The van der Waals surface area contributed by atoms with E-state index in [-0.39, 0.29) is 5.91 Å². The molecular weight excluding hydrogens is 322 g/mol. The number of carbonyl (C=O) groups is 1. The summed E-state index contributed by atoms with van der Waals surface area (Å²) in [5.41, 5.74) is 2.88. The lowest BCUT2D eigenvalue weighted by molar-refractivity contribution is -0.133. The topological polar surface area (TPSA) is 59.2 Å². The summed E-state index contributed by atoms with van der Waals surface area (Å²) >= 11 is 1.92. The number of carbonyl (C=O) groups excluding carboxylic acids is 1. The first kappa shape index (κ1) is 17.0. The quantitative estimate of drug-likeness (QED) is 0.805. The third-order valence-corrected chi connectivity index (χ3v) is 5.64. The van der Waals surface area contributed by atoms with Crippen LogP contribution in [0.25, 0.3) is 0 Å². The van der Waals surface area contributed by atoms with Crippen LogP contribution >= 0.6 is 11.8 Å². The minimum atomic E-state index is 0.188. The summed E-state index contributed by atoms with van der Waals surface area (Å²) in [6.07, 6.45) is 4.01. The van der Waals surface area contributed by atoms with Crippen molar-refractivity contribution in [3.05, 3.63) is 47.1 Å². The molecule has 0 spiro atoms. The first-order valence-electron chi connectivity index (χ1n) is 8.34. The molecule has 1 aliphatic rings. The largest absolute Gasteiger partial charge is 0.361 e. The van der Waals surface area contributed by atoms with Crippen molar-refractivity contribution in [3.63, 3.8) is 0 Å². The molecular formula is C18H23N3O2S. The van der Waals surface area contributed by atoms with Crippen molar-refractivity contribution in [1.82, 2.24) is 15.0 Å². The van der Waals surface area contributed by atoms with Gasteiger partial charge in [0.1, 0.15) is 5.76 Å². The van der Waals surface area contributed by atoms with Crippen LogP contribution in [-0.4, -0.2) is 38.5 Å². The zero-order chi connectivity index (χ0) is 16.9. The molecule has 24 heavy (non-hydrogen) atoms. The predicted molar refractivity (Wildman–Crippen MR) is 94.8 cm³/mol. The van der Waals surface area contributed by atoms with Crippen molar-refractivity contribution in [2.75, 3.05) is 11.5 Å². The highest BCUT2D eigenvalue weighted by Gasteiger charge is 2.27. The molecule has 1 fully saturated rings. The molecule has 3 heterocycles. The maximum atomic E-state index is 12.9. The third-order valence-electron chi connectivity index (χ3n) is 4.50. The summed E-state index contributed by atoms with van der Waals surface area (Å²) in [5.74, 6) is 3.14. The average molecular weight is 345 g/mol. The van der Waals surface area contributed by atoms with Crippen molar-refractivity contribution in [2.24, 2.45) is 0 Å². The number of amides is 1. The van der Waals surface area contributed by atoms with Gasteiger partial charge in [0.15, 0.2) is 0 Å². The normalized spacial score (nSPS) is 17.2. The Kier molecular flexibility index (Phi) is 5.56. The summed E-state index contributed by atoms with van der Waals surface area (Å²) in [4.78, 5) is 19.3. The average Bonchev–Trinajstić information content (AvgIpc) is 3.22. The second kappa shape index (κ2) is 7.83. The van der Waals surface area contributed by atoms with Gasteiger partial charge in [0.25, 0.3) is 0 Å². The highest BCUT2D eigenvalue weighted by atomic mass is 32.2. The molecule has 2 aromatic heterocycles. The van der Waals surface area contributed by atoms with Crippen LogP contribution in [0.1, 0.15) is 35.6 Å². The van der Waals surface area contributed by atoms with E-state index < -0.39 is 0 Å². The number of hydrogen-bond acceptors (Lipinski definition) is 5. The molecule has 2 aromatic rings. The molecule has 0 aliphatic carbocycles. The summed E-state index contributed by atoms with van der Waals surface area (Å²) in [5, 5.41) is 3.97. The molecule has 0 aromatic carbocycles. The minimum Gasteiger partial charge on any atom is -0.361 e. The number of nitrogens with zero attached hydrogens (tertiary/aromatic N) is 3. The monoisotopic (exact) mass is 345 g/mol. The molecule has 128 valence electrons. The molecule has 1 amide bonds. The Hall–Kier alpha value is -1.82. The second-order valence-electron chi connectivity index (χ2n) is 6.16. The van der Waals surface area contributed by atoms with Crippen molar-refractivity contribution in [3.8, 4) is 0 Å². The van der Waals surface area contributed by atoms with E-state index in [1.54, 1.807) is 6.20 Å². The first-order valence-corrected chi connectivity index (χ1v) is 9.49. The highest BCUT2D eigenvalue weighted by molar-refractivity contribution is 7.99. The Morgan fingerprint density at radius 2 is 2.29 bits per heavy atom. The van der Waals surface area contributed by atoms with Crippen molar-refractivity contribution in [2.45, 2.75) is 45.7 Å². The predicted octanol–water partition coefficient (Wildman–Crippen LogP) is 3.15. The van der Waals surface area contributed by atoms with Gasteiger partial charge in [-0.1, -0.05) is 11.2 Å². The van der Waals surface area contributed by atoms with E-state index in [1.807, 2.05) is 48.7 Å². The van der Waals surface area contributed by atoms with Gasteiger partial charge in [-0.25, -0.2) is 0 Å². The van der Waals surface area contributed by atoms with E-state index in [0.717, 1.165) is 40.6 Å². The smallest absolute Gasteiger partial charge is 0.223 e. The number of rotatable bonds is 6. The molecule has 0 N–H and O–H groups in total. The van der Waals surface area contributed by atoms with Crippen LogP contribution in [0.5, 0.6) is 0 Å². The Labute approximate surface area is 146 Å². The van der Waals surface area contributed by atoms with Gasteiger partial charge in [-0.15, -0.1) is 0 Å². The molecule has 1 atom stereocenters. The molecule has 0 bridgehead atoms. The molecule has 5 nitrogen and oxygen atoms in total. The SMILES string of the molecule is Cc1noc(C)c1CCC(=O)N(Cc1ccccn1)[C@@H]1CCSC1. The van der Waals surface area contributed by atoms with E-state index in [4.69, 9.17) is 4.52 Å². The Bertz CT molecular complexity index is 661. The zero-order valence-electron chi connectivity index (χ0n) is 14.2. The maximum Gasteiger partial charge on any atom is 0.223 e. The van der Waals surface area contributed by atoms with Crippen LogP contribution in [0.4, 0.5) is 0 Å². The highest BCUT2D eigenvalue weighted by Crippen LogP contribution is 2.25. The number of pyridine rings is 1. The Balaban J connectivity index is 1.68. The third kappa shape index (κ3) is 3.98. The second-order valence-corrected chi connectivity index (χ2v) is 7.31. The van der Waals surface area contributed by atoms with Crippen molar-refractivity contribution in [1.29, 1.82) is 0 Å². The fraction of sp³-hybridized carbons (Fsp3) is 0.500. The molecule has 0 radical (unpaired) electrons. The number of hydrogen-bond donors (Lipinski definition) is 0. The standard InChI is InChI=1S/C18H23N3O2S/c1-13-17(14(2)23-20-13)6-7-18(22)21(16-8-10-24-12-16)11-15-5-3-4-9-19-15/h3-5,9,16H,6-8,10-12H2,1-2H3/t16-/m1/s1. The van der Waals surface area contributed by atoms with Gasteiger partial charge in [0.2, 0.25) is 5.91 Å². The van der Waals surface area contributed by atoms with E-state index in [1.165, 1.54) is 0 Å². The van der Waals surface area contributed by atoms with Crippen LogP contribution < -0.4 is 0 Å². The van der Waals surface area contributed by atoms with Crippen LogP contribution in [-0.2, 0) is 17.8 Å². The number of thioether (sulfide) groups is 1. The van der Waals surface area contributed by atoms with Crippen molar-refractivity contribution < 1.29 is 9.32 Å². The van der Waals surface area contributed by atoms with Crippen LogP contribution in [0.2, 0.25) is 0 Å². The van der Waals surface area contributed by atoms with Gasteiger partial charge in [-0.05, 0) is 44.6 Å². The van der Waals surface area contributed by atoms with E-state index >= 15 is 0 Å². The zero-order valence-corrected chi connectivity index (χ0v) is 15.0. The lowest BCUT2D eigenvalue weighted by Crippen LogP contribution is -2.40. The molecule has 0 saturated carbocycles. The summed E-state index contributed by atoms with van der Waals surface area (Å²) in [6, 6.07) is 6.17. The fourth-order valence-electron chi connectivity index (χ4n) is 3.09. The maximum absolute atomic E-state index is 12.9. The summed E-state index contributed by atoms with van der Waals surface area (Å²) in [7, 11) is 0. The molecule has 0 unspecified atom stereocenters. The first-order chi connectivity index (χ1) is 11.6. The van der Waals surface area contributed by atoms with Crippen LogP contribution in [0.15, 0.2) is 28.9 Å². The molecule has 1 aliphatic heterocycles. The van der Waals surface area contributed by atoms with Gasteiger partial charge < -0.3 is 9.42 Å². The van der Waals surface area contributed by atoms with Gasteiger partial charge in [-0.2, -0.15) is 11.8 Å². The number of aryl methyl sites for hydroxylation is 2. The van der Waals surface area contributed by atoms with Gasteiger partial charge in [0.05, 0.1) is 17.9 Å². The summed E-state index contributed by atoms with van der Waals surface area (Å²) in [6.45, 7) is 4.42. The van der Waals surface area contributed by atoms with E-state index in [9.17, 15) is 4.79 Å². The van der Waals surface area contributed by atoms with E-state index in [0.29, 0.717) is 25.4 Å². The van der Waals surface area contributed by atoms with E-state index in [2.05, 4.69) is 10.1 Å². The molecule has 3 rings (SSSR count). The van der Waals surface area contributed by atoms with Gasteiger partial charge in [-0.3, -0.25) is 9.78 Å². The lowest BCUT2D eigenvalue weighted by atomic mass is 10.1. The van der Waals surface area contributed by atoms with Gasteiger partial charge in [0, 0.05) is 30.0 Å². The summed E-state index contributed by atoms with van der Waals surface area (Å²) < 4.78 is 5.20. The lowest BCUT2D eigenvalue weighted by Gasteiger charge is -2.28. The molecule has 1 saturated heterocycles. The van der Waals surface area contributed by atoms with Crippen LogP contribution in [0.3, 0.4) is 0 Å².